The summed E-state index contributed by atoms with van der Waals surface area (Å²) in [6.45, 7) is 0.371. The topological polar surface area (TPSA) is 12.0 Å². The average Bonchev–Trinajstić information content (AvgIpc) is 1.92. The highest BCUT2D eigenvalue weighted by Crippen LogP contribution is 2.18. The third-order valence-electron chi connectivity index (χ3n) is 1.23. The first-order valence-electron chi connectivity index (χ1n) is 2.94. The van der Waals surface area contributed by atoms with Gasteiger partial charge in [0.15, 0.2) is 0 Å². The highest BCUT2D eigenvalue weighted by Gasteiger charge is 2.27. The lowest BCUT2D eigenvalue weighted by Gasteiger charge is -2.11. The van der Waals surface area contributed by atoms with E-state index >= 15 is 0 Å². The number of hydrogen-bond acceptors (Lipinski definition) is 1. The van der Waals surface area contributed by atoms with Crippen LogP contribution < -0.4 is 5.32 Å². The van der Waals surface area contributed by atoms with Gasteiger partial charge in [-0.05, 0) is 0 Å². The molecule has 0 saturated carbocycles. The number of halogens is 3. The smallest absolute Gasteiger partial charge is 0.263 e. The van der Waals surface area contributed by atoms with Gasteiger partial charge in [-0.2, -0.15) is 0 Å². The first-order chi connectivity index (χ1) is 4.21. The second-order valence-electron chi connectivity index (χ2n) is 2.16. The molecule has 0 aromatic rings. The van der Waals surface area contributed by atoms with Crippen molar-refractivity contribution >= 4 is 12.4 Å². The zero-order valence-corrected chi connectivity index (χ0v) is 6.26. The minimum absolute atomic E-state index is 0. The van der Waals surface area contributed by atoms with E-state index in [9.17, 15) is 8.78 Å². The Labute approximate surface area is 64.9 Å². The molecule has 1 heterocycles. The van der Waals surface area contributed by atoms with Crippen LogP contribution in [0, 0.1) is 0 Å². The molecule has 0 saturated heterocycles. The van der Waals surface area contributed by atoms with E-state index in [1.807, 2.05) is 0 Å². The van der Waals surface area contributed by atoms with E-state index in [1.165, 1.54) is 6.08 Å². The molecule has 60 valence electrons. The zero-order chi connectivity index (χ0) is 6.74. The largest absolute Gasteiger partial charge is 0.308 e. The van der Waals surface area contributed by atoms with E-state index < -0.39 is 5.92 Å². The Kier molecular flexibility index (Phi) is 3.83. The number of rotatable bonds is 0. The third kappa shape index (κ3) is 3.13. The summed E-state index contributed by atoms with van der Waals surface area (Å²) in [6, 6.07) is 0. The molecule has 1 aliphatic rings. The van der Waals surface area contributed by atoms with Gasteiger partial charge in [-0.15, -0.1) is 12.4 Å². The Bertz CT molecular complexity index is 125. The molecule has 0 aromatic heterocycles. The maximum atomic E-state index is 12.4. The monoisotopic (exact) mass is 169 g/mol. The van der Waals surface area contributed by atoms with Crippen molar-refractivity contribution in [3.63, 3.8) is 0 Å². The summed E-state index contributed by atoms with van der Waals surface area (Å²) in [5.74, 6) is -2.53. The van der Waals surface area contributed by atoms with Crippen LogP contribution in [0.15, 0.2) is 12.2 Å². The van der Waals surface area contributed by atoms with E-state index in [4.69, 9.17) is 0 Å². The van der Waals surface area contributed by atoms with Gasteiger partial charge in [0.2, 0.25) is 0 Å². The number of nitrogens with one attached hydrogen (secondary N) is 1. The minimum Gasteiger partial charge on any atom is -0.308 e. The predicted molar refractivity (Wildman–Crippen MR) is 38.8 cm³/mol. The number of hydrogen-bond donors (Lipinski definition) is 1. The Hall–Kier alpha value is -0.150. The average molecular weight is 170 g/mol. The van der Waals surface area contributed by atoms with Crippen LogP contribution in [0.1, 0.15) is 6.42 Å². The van der Waals surface area contributed by atoms with Crippen LogP contribution in [0.2, 0.25) is 0 Å². The molecule has 0 spiro atoms. The van der Waals surface area contributed by atoms with Gasteiger partial charge in [0.05, 0.1) is 6.54 Å². The van der Waals surface area contributed by atoms with Gasteiger partial charge in [0, 0.05) is 13.0 Å². The Balaban J connectivity index is 0.000000810. The van der Waals surface area contributed by atoms with Crippen LogP contribution in [0.5, 0.6) is 0 Å². The van der Waals surface area contributed by atoms with Crippen LogP contribution in [0.4, 0.5) is 8.78 Å². The maximum Gasteiger partial charge on any atom is 0.263 e. The van der Waals surface area contributed by atoms with Gasteiger partial charge < -0.3 is 5.32 Å². The molecule has 0 unspecified atom stereocenters. The van der Waals surface area contributed by atoms with Gasteiger partial charge in [-0.3, -0.25) is 0 Å². The van der Waals surface area contributed by atoms with E-state index in [-0.39, 0.29) is 25.4 Å². The Morgan fingerprint density at radius 2 is 2.00 bits per heavy atom. The van der Waals surface area contributed by atoms with Crippen molar-refractivity contribution in [3.05, 3.63) is 12.2 Å². The van der Waals surface area contributed by atoms with Gasteiger partial charge >= 0.3 is 0 Å². The van der Waals surface area contributed by atoms with Crippen LogP contribution >= 0.6 is 12.4 Å². The van der Waals surface area contributed by atoms with Crippen molar-refractivity contribution in [2.24, 2.45) is 0 Å². The zero-order valence-electron chi connectivity index (χ0n) is 5.44. The summed E-state index contributed by atoms with van der Waals surface area (Å²) >= 11 is 0. The van der Waals surface area contributed by atoms with Gasteiger partial charge in [-0.25, -0.2) is 8.78 Å². The minimum atomic E-state index is -2.53. The SMILES string of the molecule is Cl.FC1(F)CC=CCNC1. The van der Waals surface area contributed by atoms with Crippen LogP contribution in [0.25, 0.3) is 0 Å². The molecule has 1 rings (SSSR count). The first-order valence-corrected chi connectivity index (χ1v) is 2.94. The normalized spacial score (nSPS) is 23.0. The summed E-state index contributed by atoms with van der Waals surface area (Å²) < 4.78 is 24.7. The molecule has 0 atom stereocenters. The standard InChI is InChI=1S/C6H9F2N.ClH/c7-6(8)3-1-2-4-9-5-6;/h1-2,9H,3-5H2;1H. The van der Waals surface area contributed by atoms with Crippen LogP contribution in [-0.2, 0) is 0 Å². The van der Waals surface area contributed by atoms with Crippen molar-refractivity contribution in [3.8, 4) is 0 Å². The molecule has 0 aliphatic carbocycles. The Morgan fingerprint density at radius 3 is 2.70 bits per heavy atom. The second kappa shape index (κ2) is 3.88. The molecular weight excluding hydrogens is 160 g/mol. The molecule has 0 aromatic carbocycles. The molecular formula is C6H10ClF2N. The fraction of sp³-hybridized carbons (Fsp3) is 0.667. The lowest BCUT2D eigenvalue weighted by Crippen LogP contribution is -2.30. The van der Waals surface area contributed by atoms with E-state index in [0.717, 1.165) is 0 Å². The van der Waals surface area contributed by atoms with Gasteiger partial charge in [0.1, 0.15) is 0 Å². The molecule has 0 bridgehead atoms. The predicted octanol–water partition coefficient (Wildman–Crippen LogP) is 1.59. The van der Waals surface area contributed by atoms with Gasteiger partial charge in [-0.1, -0.05) is 12.2 Å². The highest BCUT2D eigenvalue weighted by molar-refractivity contribution is 5.85. The molecule has 0 fully saturated rings. The molecule has 1 N–H and O–H groups in total. The van der Waals surface area contributed by atoms with Crippen molar-refractivity contribution < 1.29 is 8.78 Å². The van der Waals surface area contributed by atoms with E-state index in [0.29, 0.717) is 6.54 Å². The molecule has 1 nitrogen and oxygen atoms in total. The quantitative estimate of drug-likeness (QED) is 0.543. The summed E-state index contributed by atoms with van der Waals surface area (Å²) in [4.78, 5) is 0. The number of allylic oxidation sites excluding steroid dienone is 1. The fourth-order valence-corrected chi connectivity index (χ4v) is 0.750. The lowest BCUT2D eigenvalue weighted by molar-refractivity contribution is 0.00810. The summed E-state index contributed by atoms with van der Waals surface area (Å²) in [6.07, 6.45) is 3.11. The number of alkyl halides is 2. The highest BCUT2D eigenvalue weighted by atomic mass is 35.5. The van der Waals surface area contributed by atoms with E-state index in [1.54, 1.807) is 6.08 Å². The molecule has 1 aliphatic heterocycles. The molecule has 0 amide bonds. The molecule has 4 heteroatoms. The van der Waals surface area contributed by atoms with Crippen molar-refractivity contribution in [1.29, 1.82) is 0 Å². The van der Waals surface area contributed by atoms with Crippen LogP contribution in [0.3, 0.4) is 0 Å². The second-order valence-corrected chi connectivity index (χ2v) is 2.16. The summed E-state index contributed by atoms with van der Waals surface area (Å²) in [7, 11) is 0. The van der Waals surface area contributed by atoms with E-state index in [2.05, 4.69) is 5.32 Å². The molecule has 0 radical (unpaired) electrons. The fourth-order valence-electron chi connectivity index (χ4n) is 0.750. The summed E-state index contributed by atoms with van der Waals surface area (Å²) in [5, 5.41) is 2.60. The first kappa shape index (κ1) is 9.85. The van der Waals surface area contributed by atoms with Gasteiger partial charge in [0.25, 0.3) is 5.92 Å². The Morgan fingerprint density at radius 1 is 1.30 bits per heavy atom. The van der Waals surface area contributed by atoms with Crippen molar-refractivity contribution in [1.82, 2.24) is 5.32 Å². The summed E-state index contributed by atoms with van der Waals surface area (Å²) in [5.41, 5.74) is 0. The lowest BCUT2D eigenvalue weighted by atomic mass is 10.2. The van der Waals surface area contributed by atoms with Crippen LogP contribution in [-0.4, -0.2) is 19.0 Å². The third-order valence-corrected chi connectivity index (χ3v) is 1.23. The maximum absolute atomic E-state index is 12.4. The molecule has 10 heavy (non-hydrogen) atoms. The van der Waals surface area contributed by atoms with Crippen molar-refractivity contribution in [2.45, 2.75) is 12.3 Å². The van der Waals surface area contributed by atoms with Crippen molar-refractivity contribution in [2.75, 3.05) is 13.1 Å².